The monoisotopic (exact) mass is 297 g/mol. The van der Waals surface area contributed by atoms with E-state index in [1.807, 2.05) is 25.1 Å². The van der Waals surface area contributed by atoms with Crippen molar-refractivity contribution in [2.45, 2.75) is 25.8 Å². The number of hydrogen-bond acceptors (Lipinski definition) is 5. The molecule has 0 spiro atoms. The van der Waals surface area contributed by atoms with Crippen molar-refractivity contribution in [3.63, 3.8) is 0 Å². The van der Waals surface area contributed by atoms with Crippen molar-refractivity contribution in [1.82, 2.24) is 20.3 Å². The molecule has 1 aliphatic rings. The van der Waals surface area contributed by atoms with E-state index in [1.54, 1.807) is 19.4 Å². The second-order valence-electron chi connectivity index (χ2n) is 5.40. The zero-order chi connectivity index (χ0) is 15.5. The summed E-state index contributed by atoms with van der Waals surface area (Å²) in [4.78, 5) is 27.1. The van der Waals surface area contributed by atoms with Gasteiger partial charge in [-0.25, -0.2) is 15.0 Å². The van der Waals surface area contributed by atoms with Crippen LogP contribution < -0.4 is 10.2 Å². The zero-order valence-corrected chi connectivity index (χ0v) is 12.8. The first-order chi connectivity index (χ1) is 10.7. The van der Waals surface area contributed by atoms with Gasteiger partial charge in [-0.2, -0.15) is 0 Å². The molecule has 0 saturated carbocycles. The van der Waals surface area contributed by atoms with E-state index in [-0.39, 0.29) is 11.9 Å². The average molecular weight is 297 g/mol. The normalized spacial score (nSPS) is 17.5. The van der Waals surface area contributed by atoms with Crippen molar-refractivity contribution in [1.29, 1.82) is 0 Å². The summed E-state index contributed by atoms with van der Waals surface area (Å²) < 4.78 is 0. The van der Waals surface area contributed by atoms with Crippen LogP contribution in [0.5, 0.6) is 0 Å². The van der Waals surface area contributed by atoms with E-state index in [9.17, 15) is 4.79 Å². The number of carbonyl (C=O) groups is 1. The fourth-order valence-corrected chi connectivity index (χ4v) is 2.84. The molecule has 1 N–H and O–H groups in total. The molecular weight excluding hydrogens is 278 g/mol. The third kappa shape index (κ3) is 2.77. The topological polar surface area (TPSA) is 71.0 Å². The van der Waals surface area contributed by atoms with Crippen molar-refractivity contribution >= 4 is 11.7 Å². The number of anilines is 1. The summed E-state index contributed by atoms with van der Waals surface area (Å²) in [5, 5.41) is 2.61. The number of amides is 1. The molecule has 0 bridgehead atoms. The number of nitrogens with zero attached hydrogens (tertiary/aromatic N) is 4. The van der Waals surface area contributed by atoms with Crippen molar-refractivity contribution in [2.75, 3.05) is 18.5 Å². The van der Waals surface area contributed by atoms with Gasteiger partial charge in [0.1, 0.15) is 17.8 Å². The van der Waals surface area contributed by atoms with E-state index >= 15 is 0 Å². The maximum absolute atomic E-state index is 11.8. The number of aromatic nitrogens is 3. The van der Waals surface area contributed by atoms with E-state index < -0.39 is 0 Å². The predicted molar refractivity (Wildman–Crippen MR) is 83.7 cm³/mol. The van der Waals surface area contributed by atoms with Gasteiger partial charge >= 0.3 is 0 Å². The summed E-state index contributed by atoms with van der Waals surface area (Å²) in [6, 6.07) is 7.73. The van der Waals surface area contributed by atoms with E-state index in [1.165, 1.54) is 0 Å². The predicted octanol–water partition coefficient (Wildman–Crippen LogP) is 1.88. The Morgan fingerprint density at radius 1 is 1.36 bits per heavy atom. The lowest BCUT2D eigenvalue weighted by Crippen LogP contribution is -2.26. The molecule has 1 amide bonds. The van der Waals surface area contributed by atoms with Crippen LogP contribution in [0.25, 0.3) is 0 Å². The summed E-state index contributed by atoms with van der Waals surface area (Å²) in [6.07, 6.45) is 3.68. The van der Waals surface area contributed by atoms with Gasteiger partial charge in [-0.1, -0.05) is 6.07 Å². The third-order valence-electron chi connectivity index (χ3n) is 3.91. The minimum atomic E-state index is -0.163. The first-order valence-corrected chi connectivity index (χ1v) is 7.43. The molecule has 6 nitrogen and oxygen atoms in total. The molecule has 3 heterocycles. The van der Waals surface area contributed by atoms with Gasteiger partial charge < -0.3 is 10.2 Å². The molecule has 22 heavy (non-hydrogen) atoms. The Morgan fingerprint density at radius 3 is 3.00 bits per heavy atom. The van der Waals surface area contributed by atoms with Gasteiger partial charge in [0.05, 0.1) is 11.7 Å². The molecular formula is C16H19N5O. The molecule has 1 fully saturated rings. The van der Waals surface area contributed by atoms with Crippen molar-refractivity contribution < 1.29 is 4.79 Å². The molecule has 1 atom stereocenters. The standard InChI is InChI=1S/C16H19N5O/c1-11-9-15(19-10-18-11)21-8-4-7-14(21)12-5-3-6-13(20-12)16(22)17-2/h3,5-6,9-10,14H,4,7-8H2,1-2H3,(H,17,22)/t14-/m0/s1. The van der Waals surface area contributed by atoms with Crippen LogP contribution in [-0.2, 0) is 0 Å². The molecule has 0 radical (unpaired) electrons. The first kappa shape index (κ1) is 14.4. The highest BCUT2D eigenvalue weighted by molar-refractivity contribution is 5.92. The van der Waals surface area contributed by atoms with Gasteiger partial charge in [0.15, 0.2) is 0 Å². The van der Waals surface area contributed by atoms with Crippen LogP contribution in [0.3, 0.4) is 0 Å². The lowest BCUT2D eigenvalue weighted by atomic mass is 10.1. The molecule has 1 saturated heterocycles. The Morgan fingerprint density at radius 2 is 2.23 bits per heavy atom. The summed E-state index contributed by atoms with van der Waals surface area (Å²) in [7, 11) is 1.61. The van der Waals surface area contributed by atoms with E-state index in [4.69, 9.17) is 0 Å². The first-order valence-electron chi connectivity index (χ1n) is 7.43. The minimum absolute atomic E-state index is 0.152. The van der Waals surface area contributed by atoms with E-state index in [0.717, 1.165) is 36.6 Å². The molecule has 0 aromatic carbocycles. The number of carbonyl (C=O) groups excluding carboxylic acids is 1. The highest BCUT2D eigenvalue weighted by Crippen LogP contribution is 2.34. The number of hydrogen-bond donors (Lipinski definition) is 1. The second-order valence-corrected chi connectivity index (χ2v) is 5.40. The Hall–Kier alpha value is -2.50. The van der Waals surface area contributed by atoms with Crippen molar-refractivity contribution in [3.05, 3.63) is 47.7 Å². The summed E-state index contributed by atoms with van der Waals surface area (Å²) >= 11 is 0. The Bertz CT molecular complexity index is 688. The molecule has 1 aliphatic heterocycles. The van der Waals surface area contributed by atoms with Crippen LogP contribution in [-0.4, -0.2) is 34.5 Å². The number of pyridine rings is 1. The molecule has 0 unspecified atom stereocenters. The van der Waals surface area contributed by atoms with E-state index in [0.29, 0.717) is 5.69 Å². The molecule has 2 aromatic rings. The van der Waals surface area contributed by atoms with Gasteiger partial charge in [-0.3, -0.25) is 4.79 Å². The minimum Gasteiger partial charge on any atom is -0.354 e. The lowest BCUT2D eigenvalue weighted by molar-refractivity contribution is 0.0958. The average Bonchev–Trinajstić information content (AvgIpc) is 3.04. The summed E-state index contributed by atoms with van der Waals surface area (Å²) in [6.45, 7) is 2.90. The van der Waals surface area contributed by atoms with Crippen LogP contribution in [0.4, 0.5) is 5.82 Å². The third-order valence-corrected chi connectivity index (χ3v) is 3.91. The van der Waals surface area contributed by atoms with Gasteiger partial charge in [0, 0.05) is 25.4 Å². The summed E-state index contributed by atoms with van der Waals surface area (Å²) in [5.41, 5.74) is 2.31. The zero-order valence-electron chi connectivity index (χ0n) is 12.8. The van der Waals surface area contributed by atoms with E-state index in [2.05, 4.69) is 25.2 Å². The maximum Gasteiger partial charge on any atom is 0.269 e. The Balaban J connectivity index is 1.92. The highest BCUT2D eigenvalue weighted by Gasteiger charge is 2.28. The van der Waals surface area contributed by atoms with Crippen LogP contribution in [0, 0.1) is 6.92 Å². The molecule has 114 valence electrons. The SMILES string of the molecule is CNC(=O)c1cccc([C@@H]2CCCN2c2cc(C)ncn2)n1. The Kier molecular flexibility index (Phi) is 4.00. The van der Waals surface area contributed by atoms with Crippen LogP contribution in [0.1, 0.15) is 40.8 Å². The largest absolute Gasteiger partial charge is 0.354 e. The van der Waals surface area contributed by atoms with Gasteiger partial charge in [0.2, 0.25) is 0 Å². The summed E-state index contributed by atoms with van der Waals surface area (Å²) in [5.74, 6) is 0.756. The van der Waals surface area contributed by atoms with Crippen LogP contribution >= 0.6 is 0 Å². The lowest BCUT2D eigenvalue weighted by Gasteiger charge is -2.25. The number of nitrogens with one attached hydrogen (secondary N) is 1. The second kappa shape index (κ2) is 6.09. The van der Waals surface area contributed by atoms with Gasteiger partial charge in [-0.05, 0) is 31.9 Å². The van der Waals surface area contributed by atoms with Crippen molar-refractivity contribution in [3.8, 4) is 0 Å². The quantitative estimate of drug-likeness (QED) is 0.936. The molecule has 3 rings (SSSR count). The smallest absolute Gasteiger partial charge is 0.269 e. The fraction of sp³-hybridized carbons (Fsp3) is 0.375. The van der Waals surface area contributed by atoms with Crippen LogP contribution in [0.2, 0.25) is 0 Å². The number of aryl methyl sites for hydroxylation is 1. The molecule has 6 heteroatoms. The van der Waals surface area contributed by atoms with Gasteiger partial charge in [-0.15, -0.1) is 0 Å². The maximum atomic E-state index is 11.8. The molecule has 2 aromatic heterocycles. The molecule has 0 aliphatic carbocycles. The fourth-order valence-electron chi connectivity index (χ4n) is 2.84. The highest BCUT2D eigenvalue weighted by atomic mass is 16.1. The van der Waals surface area contributed by atoms with Crippen LogP contribution in [0.15, 0.2) is 30.6 Å². The van der Waals surface area contributed by atoms with Crippen molar-refractivity contribution in [2.24, 2.45) is 0 Å². The number of rotatable bonds is 3. The Labute approximate surface area is 129 Å². The van der Waals surface area contributed by atoms with Gasteiger partial charge in [0.25, 0.3) is 5.91 Å².